The normalized spacial score (nSPS) is 20.9. The van der Waals surface area contributed by atoms with E-state index in [1.54, 1.807) is 0 Å². The van der Waals surface area contributed by atoms with Crippen molar-refractivity contribution in [2.24, 2.45) is 5.92 Å². The van der Waals surface area contributed by atoms with Crippen LogP contribution in [0.25, 0.3) is 0 Å². The molecule has 16 heavy (non-hydrogen) atoms. The van der Waals surface area contributed by atoms with E-state index in [9.17, 15) is 5.11 Å². The van der Waals surface area contributed by atoms with Crippen molar-refractivity contribution in [3.63, 3.8) is 0 Å². The van der Waals surface area contributed by atoms with Gasteiger partial charge in [0.2, 0.25) is 0 Å². The SMILES string of the molecule is CN1CCC(C(CO)c2ccccn2)CC1. The molecule has 1 N–H and O–H groups in total. The lowest BCUT2D eigenvalue weighted by Gasteiger charge is -2.33. The topological polar surface area (TPSA) is 36.4 Å². The van der Waals surface area contributed by atoms with E-state index in [-0.39, 0.29) is 12.5 Å². The van der Waals surface area contributed by atoms with E-state index in [1.807, 2.05) is 24.4 Å². The molecule has 1 aromatic heterocycles. The summed E-state index contributed by atoms with van der Waals surface area (Å²) in [5.41, 5.74) is 1.04. The molecule has 2 rings (SSSR count). The van der Waals surface area contributed by atoms with Gasteiger partial charge in [-0.1, -0.05) is 6.07 Å². The lowest BCUT2D eigenvalue weighted by atomic mass is 9.82. The van der Waals surface area contributed by atoms with Crippen molar-refractivity contribution in [1.82, 2.24) is 9.88 Å². The van der Waals surface area contributed by atoms with Gasteiger partial charge < -0.3 is 10.0 Å². The van der Waals surface area contributed by atoms with Crippen molar-refractivity contribution >= 4 is 0 Å². The highest BCUT2D eigenvalue weighted by Crippen LogP contribution is 2.30. The van der Waals surface area contributed by atoms with Gasteiger partial charge in [-0.2, -0.15) is 0 Å². The van der Waals surface area contributed by atoms with Gasteiger partial charge in [-0.3, -0.25) is 4.98 Å². The third-order valence-electron chi connectivity index (χ3n) is 3.60. The Balaban J connectivity index is 2.05. The Morgan fingerprint density at radius 2 is 2.19 bits per heavy atom. The van der Waals surface area contributed by atoms with Crippen LogP contribution in [0.3, 0.4) is 0 Å². The van der Waals surface area contributed by atoms with Crippen LogP contribution in [-0.4, -0.2) is 41.7 Å². The number of hydrogen-bond donors (Lipinski definition) is 1. The third kappa shape index (κ3) is 2.60. The Bertz CT molecular complexity index is 307. The van der Waals surface area contributed by atoms with E-state index >= 15 is 0 Å². The highest BCUT2D eigenvalue weighted by atomic mass is 16.3. The molecule has 0 aromatic carbocycles. The molecule has 1 saturated heterocycles. The first kappa shape index (κ1) is 11.6. The molecule has 2 heterocycles. The highest BCUT2D eigenvalue weighted by Gasteiger charge is 2.26. The van der Waals surface area contributed by atoms with Gasteiger partial charge in [0.15, 0.2) is 0 Å². The van der Waals surface area contributed by atoms with Crippen LogP contribution in [0.4, 0.5) is 0 Å². The van der Waals surface area contributed by atoms with Crippen LogP contribution in [0, 0.1) is 5.92 Å². The average molecular weight is 220 g/mol. The molecular formula is C13H20N2O. The van der Waals surface area contributed by atoms with Gasteiger partial charge in [-0.25, -0.2) is 0 Å². The Kier molecular flexibility index (Phi) is 3.91. The molecule has 1 unspecified atom stereocenters. The molecule has 0 amide bonds. The monoisotopic (exact) mass is 220 g/mol. The summed E-state index contributed by atoms with van der Waals surface area (Å²) in [7, 11) is 2.16. The van der Waals surface area contributed by atoms with E-state index in [0.717, 1.165) is 31.6 Å². The van der Waals surface area contributed by atoms with Gasteiger partial charge in [0.1, 0.15) is 0 Å². The largest absolute Gasteiger partial charge is 0.396 e. The van der Waals surface area contributed by atoms with Crippen molar-refractivity contribution in [3.05, 3.63) is 30.1 Å². The zero-order valence-electron chi connectivity index (χ0n) is 9.84. The van der Waals surface area contributed by atoms with Gasteiger partial charge in [-0.05, 0) is 51.0 Å². The molecule has 0 radical (unpaired) electrons. The summed E-state index contributed by atoms with van der Waals surface area (Å²) in [4.78, 5) is 6.72. The molecule has 3 nitrogen and oxygen atoms in total. The van der Waals surface area contributed by atoms with E-state index in [1.165, 1.54) is 0 Å². The summed E-state index contributed by atoms with van der Waals surface area (Å²) in [6, 6.07) is 5.95. The van der Waals surface area contributed by atoms with Crippen LogP contribution in [0.15, 0.2) is 24.4 Å². The highest BCUT2D eigenvalue weighted by molar-refractivity contribution is 5.11. The minimum atomic E-state index is 0.214. The van der Waals surface area contributed by atoms with E-state index in [4.69, 9.17) is 0 Å². The number of aliphatic hydroxyl groups excluding tert-OH is 1. The lowest BCUT2D eigenvalue weighted by Crippen LogP contribution is -2.33. The summed E-state index contributed by atoms with van der Waals surface area (Å²) in [5, 5.41) is 9.54. The number of aromatic nitrogens is 1. The van der Waals surface area contributed by atoms with Crippen molar-refractivity contribution in [1.29, 1.82) is 0 Å². The predicted molar refractivity (Wildman–Crippen MR) is 64.3 cm³/mol. The Morgan fingerprint density at radius 3 is 2.75 bits per heavy atom. The zero-order chi connectivity index (χ0) is 11.4. The minimum absolute atomic E-state index is 0.214. The molecule has 1 aromatic rings. The van der Waals surface area contributed by atoms with Gasteiger partial charge in [0.05, 0.1) is 6.61 Å². The van der Waals surface area contributed by atoms with Crippen LogP contribution in [0.5, 0.6) is 0 Å². The number of rotatable bonds is 3. The Morgan fingerprint density at radius 1 is 1.44 bits per heavy atom. The third-order valence-corrected chi connectivity index (χ3v) is 3.60. The molecule has 1 aliphatic heterocycles. The van der Waals surface area contributed by atoms with E-state index in [2.05, 4.69) is 16.9 Å². The van der Waals surface area contributed by atoms with Crippen LogP contribution >= 0.6 is 0 Å². The zero-order valence-corrected chi connectivity index (χ0v) is 9.84. The molecule has 0 aliphatic carbocycles. The molecule has 1 atom stereocenters. The first-order chi connectivity index (χ1) is 7.81. The molecule has 0 spiro atoms. The fraction of sp³-hybridized carbons (Fsp3) is 0.615. The Labute approximate surface area is 97.1 Å². The smallest absolute Gasteiger partial charge is 0.0517 e. The Hall–Kier alpha value is -0.930. The molecule has 0 saturated carbocycles. The maximum Gasteiger partial charge on any atom is 0.0517 e. The summed E-state index contributed by atoms with van der Waals surface area (Å²) in [6.07, 6.45) is 4.14. The lowest BCUT2D eigenvalue weighted by molar-refractivity contribution is 0.155. The number of aliphatic hydroxyl groups is 1. The quantitative estimate of drug-likeness (QED) is 0.838. The van der Waals surface area contributed by atoms with Crippen molar-refractivity contribution in [2.75, 3.05) is 26.7 Å². The fourth-order valence-electron chi connectivity index (χ4n) is 2.51. The molecule has 0 bridgehead atoms. The van der Waals surface area contributed by atoms with E-state index in [0.29, 0.717) is 5.92 Å². The van der Waals surface area contributed by atoms with Crippen LogP contribution in [-0.2, 0) is 0 Å². The van der Waals surface area contributed by atoms with E-state index < -0.39 is 0 Å². The summed E-state index contributed by atoms with van der Waals surface area (Å²) in [6.45, 7) is 2.48. The standard InChI is InChI=1S/C13H20N2O/c1-15-8-5-11(6-9-15)12(10-16)13-4-2-3-7-14-13/h2-4,7,11-12,16H,5-6,8-10H2,1H3. The number of nitrogens with zero attached hydrogens (tertiary/aromatic N) is 2. The first-order valence-corrected chi connectivity index (χ1v) is 6.01. The molecule has 1 fully saturated rings. The van der Waals surface area contributed by atoms with Crippen LogP contribution in [0.1, 0.15) is 24.5 Å². The minimum Gasteiger partial charge on any atom is -0.396 e. The number of pyridine rings is 1. The fourth-order valence-corrected chi connectivity index (χ4v) is 2.51. The van der Waals surface area contributed by atoms with Crippen LogP contribution < -0.4 is 0 Å². The second-order valence-corrected chi connectivity index (χ2v) is 4.68. The van der Waals surface area contributed by atoms with Gasteiger partial charge >= 0.3 is 0 Å². The maximum absolute atomic E-state index is 9.54. The average Bonchev–Trinajstić information content (AvgIpc) is 2.34. The van der Waals surface area contributed by atoms with Gasteiger partial charge in [-0.15, -0.1) is 0 Å². The summed E-state index contributed by atoms with van der Waals surface area (Å²) < 4.78 is 0. The van der Waals surface area contributed by atoms with Gasteiger partial charge in [0, 0.05) is 17.8 Å². The number of piperidine rings is 1. The van der Waals surface area contributed by atoms with Crippen molar-refractivity contribution in [2.45, 2.75) is 18.8 Å². The maximum atomic E-state index is 9.54. The summed E-state index contributed by atoms with van der Waals surface area (Å²) in [5.74, 6) is 0.797. The van der Waals surface area contributed by atoms with Crippen LogP contribution in [0.2, 0.25) is 0 Å². The molecule has 3 heteroatoms. The number of likely N-dealkylation sites (tertiary alicyclic amines) is 1. The first-order valence-electron chi connectivity index (χ1n) is 6.01. The van der Waals surface area contributed by atoms with Crippen molar-refractivity contribution < 1.29 is 5.11 Å². The second kappa shape index (κ2) is 5.41. The predicted octanol–water partition coefficient (Wildman–Crippen LogP) is 1.50. The molecule has 1 aliphatic rings. The molecule has 88 valence electrons. The summed E-state index contributed by atoms with van der Waals surface area (Å²) >= 11 is 0. The second-order valence-electron chi connectivity index (χ2n) is 4.68. The van der Waals surface area contributed by atoms with Gasteiger partial charge in [0.25, 0.3) is 0 Å². The van der Waals surface area contributed by atoms with Crippen molar-refractivity contribution in [3.8, 4) is 0 Å². The molecular weight excluding hydrogens is 200 g/mol. The number of hydrogen-bond acceptors (Lipinski definition) is 3.